The lowest BCUT2D eigenvalue weighted by atomic mass is 10.1. The molecule has 1 aromatic heterocycles. The summed E-state index contributed by atoms with van der Waals surface area (Å²) < 4.78 is 0. The predicted molar refractivity (Wildman–Crippen MR) is 71.0 cm³/mol. The van der Waals surface area contributed by atoms with Gasteiger partial charge >= 0.3 is 0 Å². The second kappa shape index (κ2) is 4.33. The number of nitrogens with zero attached hydrogens (tertiary/aromatic N) is 2. The van der Waals surface area contributed by atoms with Crippen molar-refractivity contribution in [3.05, 3.63) is 34.5 Å². The molecule has 0 radical (unpaired) electrons. The quantitative estimate of drug-likeness (QED) is 0.653. The molecule has 3 rings (SSSR count). The van der Waals surface area contributed by atoms with Gasteiger partial charge in [-0.1, -0.05) is 0 Å². The fourth-order valence-electron chi connectivity index (χ4n) is 2.61. The summed E-state index contributed by atoms with van der Waals surface area (Å²) in [6.07, 6.45) is 5.25. The molecule has 5 nitrogen and oxygen atoms in total. The number of nitro benzene ring substituents is 1. The Morgan fingerprint density at radius 1 is 1.22 bits per heavy atom. The van der Waals surface area contributed by atoms with Crippen LogP contribution < -0.4 is 4.90 Å². The summed E-state index contributed by atoms with van der Waals surface area (Å²) in [5.74, 6) is 0. The lowest BCUT2D eigenvalue weighted by Crippen LogP contribution is -2.29. The standard InChI is InChI=1S/C13H15N3O2/c17-16(18)13-8-10-4-5-14-11(10)9-12(13)15-6-2-1-3-7-15/h4-5,8-9,14H,1-3,6-7H2. The number of H-pyrrole nitrogens is 1. The van der Waals surface area contributed by atoms with E-state index in [1.165, 1.54) is 6.42 Å². The zero-order valence-electron chi connectivity index (χ0n) is 10.1. The third-order valence-electron chi connectivity index (χ3n) is 3.54. The van der Waals surface area contributed by atoms with Crippen molar-refractivity contribution in [2.24, 2.45) is 0 Å². The van der Waals surface area contributed by atoms with E-state index in [4.69, 9.17) is 0 Å². The molecule has 1 aromatic carbocycles. The molecule has 0 amide bonds. The van der Waals surface area contributed by atoms with Gasteiger partial charge in [0.2, 0.25) is 0 Å². The Hall–Kier alpha value is -2.04. The Balaban J connectivity index is 2.11. The Bertz CT molecular complexity index is 585. The van der Waals surface area contributed by atoms with Gasteiger partial charge in [0.1, 0.15) is 5.69 Å². The summed E-state index contributed by atoms with van der Waals surface area (Å²) in [6, 6.07) is 5.43. The molecule has 1 N–H and O–H groups in total. The summed E-state index contributed by atoms with van der Waals surface area (Å²) in [7, 11) is 0. The van der Waals surface area contributed by atoms with Crippen LogP contribution in [0.4, 0.5) is 11.4 Å². The topological polar surface area (TPSA) is 62.2 Å². The van der Waals surface area contributed by atoms with Gasteiger partial charge in [-0.15, -0.1) is 0 Å². The highest BCUT2D eigenvalue weighted by atomic mass is 16.6. The van der Waals surface area contributed by atoms with Crippen molar-refractivity contribution in [1.29, 1.82) is 0 Å². The van der Waals surface area contributed by atoms with E-state index >= 15 is 0 Å². The maximum absolute atomic E-state index is 11.2. The Kier molecular flexibility index (Phi) is 2.66. The van der Waals surface area contributed by atoms with Crippen molar-refractivity contribution in [3.63, 3.8) is 0 Å². The fourth-order valence-corrected chi connectivity index (χ4v) is 2.61. The molecule has 1 aliphatic rings. The van der Waals surface area contributed by atoms with E-state index in [9.17, 15) is 10.1 Å². The molecule has 0 bridgehead atoms. The van der Waals surface area contributed by atoms with Gasteiger partial charge in [0.05, 0.1) is 4.92 Å². The molecule has 1 fully saturated rings. The van der Waals surface area contributed by atoms with Crippen molar-refractivity contribution in [3.8, 4) is 0 Å². The molecule has 2 aromatic rings. The molecule has 0 unspecified atom stereocenters. The van der Waals surface area contributed by atoms with Crippen molar-refractivity contribution < 1.29 is 4.92 Å². The third-order valence-corrected chi connectivity index (χ3v) is 3.54. The zero-order valence-corrected chi connectivity index (χ0v) is 10.1. The first-order valence-corrected chi connectivity index (χ1v) is 6.26. The smallest absolute Gasteiger partial charge is 0.293 e. The van der Waals surface area contributed by atoms with Crippen LogP contribution in [0.5, 0.6) is 0 Å². The molecule has 0 saturated carbocycles. The number of rotatable bonds is 2. The van der Waals surface area contributed by atoms with Gasteiger partial charge in [0, 0.05) is 36.3 Å². The zero-order chi connectivity index (χ0) is 12.5. The second-order valence-electron chi connectivity index (χ2n) is 4.71. The summed E-state index contributed by atoms with van der Waals surface area (Å²) in [6.45, 7) is 1.82. The third kappa shape index (κ3) is 1.81. The van der Waals surface area contributed by atoms with Crippen LogP contribution in [0.3, 0.4) is 0 Å². The van der Waals surface area contributed by atoms with E-state index in [-0.39, 0.29) is 10.6 Å². The van der Waals surface area contributed by atoms with Crippen LogP contribution in [0.25, 0.3) is 10.9 Å². The van der Waals surface area contributed by atoms with E-state index in [0.717, 1.165) is 42.5 Å². The number of hydrogen-bond donors (Lipinski definition) is 1. The molecule has 2 heterocycles. The van der Waals surface area contributed by atoms with Gasteiger partial charge in [-0.25, -0.2) is 0 Å². The molecule has 18 heavy (non-hydrogen) atoms. The van der Waals surface area contributed by atoms with Crippen LogP contribution in [-0.2, 0) is 0 Å². The SMILES string of the molecule is O=[N+]([O-])c1cc2cc[nH]c2cc1N1CCCCC1. The van der Waals surface area contributed by atoms with Gasteiger partial charge in [-0.2, -0.15) is 0 Å². The van der Waals surface area contributed by atoms with E-state index in [1.54, 1.807) is 6.07 Å². The van der Waals surface area contributed by atoms with E-state index < -0.39 is 0 Å². The molecule has 1 aliphatic heterocycles. The molecule has 94 valence electrons. The largest absolute Gasteiger partial charge is 0.366 e. The van der Waals surface area contributed by atoms with Crippen molar-refractivity contribution in [2.75, 3.05) is 18.0 Å². The molecule has 0 aliphatic carbocycles. The van der Waals surface area contributed by atoms with Crippen molar-refractivity contribution in [2.45, 2.75) is 19.3 Å². The first-order chi connectivity index (χ1) is 8.75. The second-order valence-corrected chi connectivity index (χ2v) is 4.71. The predicted octanol–water partition coefficient (Wildman–Crippen LogP) is 3.07. The average molecular weight is 245 g/mol. The van der Waals surface area contributed by atoms with Gasteiger partial charge in [-0.3, -0.25) is 10.1 Å². The Morgan fingerprint density at radius 3 is 2.72 bits per heavy atom. The van der Waals surface area contributed by atoms with Crippen LogP contribution >= 0.6 is 0 Å². The molecule has 1 saturated heterocycles. The van der Waals surface area contributed by atoms with E-state index in [1.807, 2.05) is 18.3 Å². The average Bonchev–Trinajstić information content (AvgIpc) is 2.85. The number of nitro groups is 1. The summed E-state index contributed by atoms with van der Waals surface area (Å²) >= 11 is 0. The number of aromatic nitrogens is 1. The molecular weight excluding hydrogens is 230 g/mol. The summed E-state index contributed by atoms with van der Waals surface area (Å²) in [5, 5.41) is 12.1. The van der Waals surface area contributed by atoms with Gasteiger partial charge in [0.25, 0.3) is 5.69 Å². The lowest BCUT2D eigenvalue weighted by Gasteiger charge is -2.28. The minimum absolute atomic E-state index is 0.212. The van der Waals surface area contributed by atoms with Crippen molar-refractivity contribution >= 4 is 22.3 Å². The number of piperidine rings is 1. The number of benzene rings is 1. The molecule has 0 atom stereocenters. The monoisotopic (exact) mass is 245 g/mol. The Labute approximate surface area is 105 Å². The number of hydrogen-bond acceptors (Lipinski definition) is 3. The van der Waals surface area contributed by atoms with Gasteiger partial charge < -0.3 is 9.88 Å². The normalized spacial score (nSPS) is 16.1. The highest BCUT2D eigenvalue weighted by Gasteiger charge is 2.22. The van der Waals surface area contributed by atoms with Crippen LogP contribution in [0.15, 0.2) is 24.4 Å². The highest BCUT2D eigenvalue weighted by molar-refractivity contribution is 5.88. The van der Waals surface area contributed by atoms with E-state index in [0.29, 0.717) is 0 Å². The Morgan fingerprint density at radius 2 is 2.00 bits per heavy atom. The fraction of sp³-hybridized carbons (Fsp3) is 0.385. The maximum Gasteiger partial charge on any atom is 0.293 e. The van der Waals surface area contributed by atoms with Crippen LogP contribution in [0.1, 0.15) is 19.3 Å². The minimum Gasteiger partial charge on any atom is -0.366 e. The van der Waals surface area contributed by atoms with Crippen LogP contribution in [0.2, 0.25) is 0 Å². The number of nitrogens with one attached hydrogen (secondary N) is 1. The molecular formula is C13H15N3O2. The number of aromatic amines is 1. The highest BCUT2D eigenvalue weighted by Crippen LogP contribution is 2.34. The first kappa shape index (κ1) is 11.1. The maximum atomic E-state index is 11.2. The summed E-state index contributed by atoms with van der Waals surface area (Å²) in [4.78, 5) is 16.2. The first-order valence-electron chi connectivity index (χ1n) is 6.26. The summed E-state index contributed by atoms with van der Waals surface area (Å²) in [5.41, 5.74) is 1.92. The minimum atomic E-state index is -0.281. The van der Waals surface area contributed by atoms with Crippen molar-refractivity contribution in [1.82, 2.24) is 4.98 Å². The van der Waals surface area contributed by atoms with Gasteiger partial charge in [-0.05, 0) is 31.4 Å². The van der Waals surface area contributed by atoms with Crippen LogP contribution in [0, 0.1) is 10.1 Å². The lowest BCUT2D eigenvalue weighted by molar-refractivity contribution is -0.384. The van der Waals surface area contributed by atoms with E-state index in [2.05, 4.69) is 9.88 Å². The van der Waals surface area contributed by atoms with Crippen LogP contribution in [-0.4, -0.2) is 23.0 Å². The molecule has 5 heteroatoms. The van der Waals surface area contributed by atoms with Gasteiger partial charge in [0.15, 0.2) is 0 Å². The number of fused-ring (bicyclic) bond motifs is 1. The number of anilines is 1. The molecule has 0 spiro atoms.